The van der Waals surface area contributed by atoms with E-state index >= 15 is 0 Å². The first-order chi connectivity index (χ1) is 14.5. The lowest BCUT2D eigenvalue weighted by atomic mass is 10.1. The fourth-order valence-corrected chi connectivity index (χ4v) is 3.14. The van der Waals surface area contributed by atoms with Crippen molar-refractivity contribution in [3.05, 3.63) is 65.2 Å². The number of nitrogens with one attached hydrogen (secondary N) is 1. The van der Waals surface area contributed by atoms with Gasteiger partial charge in [-0.25, -0.2) is 4.79 Å². The third-order valence-electron chi connectivity index (χ3n) is 4.74. The summed E-state index contributed by atoms with van der Waals surface area (Å²) in [6.45, 7) is 2.53. The van der Waals surface area contributed by atoms with Crippen LogP contribution in [0.5, 0.6) is 5.75 Å². The van der Waals surface area contributed by atoms with Crippen molar-refractivity contribution in [2.45, 2.75) is 26.0 Å². The second-order valence-electron chi connectivity index (χ2n) is 6.91. The molecule has 1 atom stereocenters. The van der Waals surface area contributed by atoms with Gasteiger partial charge in [0, 0.05) is 5.56 Å². The Morgan fingerprint density at radius 3 is 2.47 bits per heavy atom. The normalized spacial score (nSPS) is 15.6. The highest BCUT2D eigenvalue weighted by Gasteiger charge is 2.34. The fourth-order valence-electron chi connectivity index (χ4n) is 3.14. The number of benzene rings is 2. The van der Waals surface area contributed by atoms with Crippen LogP contribution in [0.3, 0.4) is 0 Å². The molecule has 0 aliphatic carbocycles. The van der Waals surface area contributed by atoms with Crippen LogP contribution in [-0.4, -0.2) is 48.6 Å². The Morgan fingerprint density at radius 1 is 1.17 bits per heavy atom. The van der Waals surface area contributed by atoms with E-state index in [9.17, 15) is 9.59 Å². The van der Waals surface area contributed by atoms with E-state index in [4.69, 9.17) is 25.4 Å². The highest BCUT2D eigenvalue weighted by molar-refractivity contribution is 5.94. The molecule has 0 bridgehead atoms. The quantitative estimate of drug-likeness (QED) is 0.372. The summed E-state index contributed by atoms with van der Waals surface area (Å²) in [5, 5.41) is 7.41. The molecule has 1 fully saturated rings. The number of carbonyl (C=O) groups is 2. The predicted molar refractivity (Wildman–Crippen MR) is 110 cm³/mol. The number of carbonyl (C=O) groups excluding carboxylic acids is 2. The molecule has 2 aromatic rings. The average Bonchev–Trinajstić information content (AvgIpc) is 3.07. The number of hydrogen-bond acceptors (Lipinski definition) is 6. The van der Waals surface area contributed by atoms with Gasteiger partial charge in [0.1, 0.15) is 31.3 Å². The average molecular weight is 411 g/mol. The summed E-state index contributed by atoms with van der Waals surface area (Å²) >= 11 is 0. The van der Waals surface area contributed by atoms with Crippen LogP contribution < -0.4 is 10.5 Å². The number of rotatable bonds is 9. The lowest BCUT2D eigenvalue weighted by Gasteiger charge is -2.20. The fraction of sp³-hybridized carbons (Fsp3) is 0.318. The van der Waals surface area contributed by atoms with E-state index in [1.807, 2.05) is 36.4 Å². The van der Waals surface area contributed by atoms with Gasteiger partial charge in [0.2, 0.25) is 0 Å². The molecule has 2 aromatic carbocycles. The Morgan fingerprint density at radius 2 is 1.83 bits per heavy atom. The van der Waals surface area contributed by atoms with Gasteiger partial charge in [-0.15, -0.1) is 0 Å². The zero-order chi connectivity index (χ0) is 21.5. The van der Waals surface area contributed by atoms with E-state index in [1.54, 1.807) is 19.1 Å². The summed E-state index contributed by atoms with van der Waals surface area (Å²) in [4.78, 5) is 25.0. The van der Waals surface area contributed by atoms with Crippen LogP contribution in [0.15, 0.2) is 48.5 Å². The lowest BCUT2D eigenvalue weighted by Crippen LogP contribution is -2.39. The lowest BCUT2D eigenvalue weighted by molar-refractivity contribution is -0.144. The second kappa shape index (κ2) is 9.78. The molecule has 1 amide bonds. The summed E-state index contributed by atoms with van der Waals surface area (Å²) in [5.41, 5.74) is 8.11. The predicted octanol–water partition coefficient (Wildman–Crippen LogP) is 2.48. The molecule has 1 saturated heterocycles. The largest absolute Gasteiger partial charge is 0.489 e. The minimum Gasteiger partial charge on any atom is -0.489 e. The number of cyclic esters (lactones) is 1. The van der Waals surface area contributed by atoms with Gasteiger partial charge in [0.25, 0.3) is 0 Å². The van der Waals surface area contributed by atoms with Crippen molar-refractivity contribution in [2.24, 2.45) is 5.73 Å². The Kier molecular flexibility index (Phi) is 6.90. The van der Waals surface area contributed by atoms with E-state index in [1.165, 1.54) is 4.90 Å². The summed E-state index contributed by atoms with van der Waals surface area (Å²) in [7, 11) is 0. The number of amides is 1. The monoisotopic (exact) mass is 411 g/mol. The van der Waals surface area contributed by atoms with Crippen molar-refractivity contribution >= 4 is 17.9 Å². The van der Waals surface area contributed by atoms with Crippen LogP contribution in [0.1, 0.15) is 23.6 Å². The summed E-state index contributed by atoms with van der Waals surface area (Å²) in [5.74, 6) is 0.311. The van der Waals surface area contributed by atoms with E-state index < -0.39 is 12.1 Å². The van der Waals surface area contributed by atoms with Gasteiger partial charge in [-0.2, -0.15) is 0 Å². The molecule has 0 spiro atoms. The number of esters is 1. The first-order valence-corrected chi connectivity index (χ1v) is 9.70. The SMILES string of the molecule is CCOC(=O)CN1C(=O)OC[C@H]1Cc1ccc(OCc2ccc(C(=N)N)cc2)cc1. The molecule has 1 aliphatic heterocycles. The maximum atomic E-state index is 11.9. The molecule has 158 valence electrons. The maximum absolute atomic E-state index is 11.9. The number of nitrogens with two attached hydrogens (primary N) is 1. The van der Waals surface area contributed by atoms with Crippen LogP contribution in [0.25, 0.3) is 0 Å². The number of nitrogen functional groups attached to an aromatic ring is 1. The Labute approximate surface area is 175 Å². The van der Waals surface area contributed by atoms with Gasteiger partial charge in [-0.05, 0) is 36.6 Å². The Bertz CT molecular complexity index is 896. The Hall–Kier alpha value is -3.55. The van der Waals surface area contributed by atoms with Gasteiger partial charge < -0.3 is 19.9 Å². The van der Waals surface area contributed by atoms with Crippen molar-refractivity contribution in [2.75, 3.05) is 19.8 Å². The molecule has 0 unspecified atom stereocenters. The highest BCUT2D eigenvalue weighted by Crippen LogP contribution is 2.20. The minimum atomic E-state index is -0.496. The first kappa shape index (κ1) is 21.2. The molecule has 1 heterocycles. The molecule has 8 nitrogen and oxygen atoms in total. The van der Waals surface area contributed by atoms with E-state index in [-0.39, 0.29) is 31.6 Å². The van der Waals surface area contributed by atoms with Crippen LogP contribution >= 0.6 is 0 Å². The third kappa shape index (κ3) is 5.50. The number of ether oxygens (including phenoxy) is 3. The smallest absolute Gasteiger partial charge is 0.410 e. The Balaban J connectivity index is 1.54. The van der Waals surface area contributed by atoms with E-state index in [0.29, 0.717) is 18.6 Å². The number of hydrogen-bond donors (Lipinski definition) is 2. The van der Waals surface area contributed by atoms with Gasteiger partial charge in [0.05, 0.1) is 12.6 Å². The van der Waals surface area contributed by atoms with Gasteiger partial charge >= 0.3 is 12.1 Å². The van der Waals surface area contributed by atoms with Gasteiger partial charge in [-0.3, -0.25) is 15.1 Å². The molecular formula is C22H25N3O5. The highest BCUT2D eigenvalue weighted by atomic mass is 16.6. The molecule has 0 saturated carbocycles. The van der Waals surface area contributed by atoms with Crippen LogP contribution in [0.2, 0.25) is 0 Å². The first-order valence-electron chi connectivity index (χ1n) is 9.70. The maximum Gasteiger partial charge on any atom is 0.410 e. The standard InChI is InChI=1S/C22H25N3O5/c1-2-28-20(26)12-25-18(14-30-22(25)27)11-15-5-9-19(10-6-15)29-13-16-3-7-17(8-4-16)21(23)24/h3-10,18H,2,11-14H2,1H3,(H3,23,24)/t18-/m1/s1. The summed E-state index contributed by atoms with van der Waals surface area (Å²) < 4.78 is 15.8. The zero-order valence-corrected chi connectivity index (χ0v) is 16.8. The summed E-state index contributed by atoms with van der Waals surface area (Å²) in [6, 6.07) is 14.7. The molecule has 3 N–H and O–H groups in total. The number of amidine groups is 1. The van der Waals surface area contributed by atoms with Gasteiger partial charge in [0.15, 0.2) is 0 Å². The second-order valence-corrected chi connectivity index (χ2v) is 6.91. The van der Waals surface area contributed by atoms with Crippen LogP contribution in [0.4, 0.5) is 4.79 Å². The topological polar surface area (TPSA) is 115 Å². The van der Waals surface area contributed by atoms with Crippen molar-refractivity contribution in [3.8, 4) is 5.75 Å². The minimum absolute atomic E-state index is 0.0354. The van der Waals surface area contributed by atoms with Crippen LogP contribution in [0, 0.1) is 5.41 Å². The molecule has 1 aliphatic rings. The molecule has 0 radical (unpaired) electrons. The molecular weight excluding hydrogens is 386 g/mol. The number of nitrogens with zero attached hydrogens (tertiary/aromatic N) is 1. The van der Waals surface area contributed by atoms with Crippen molar-refractivity contribution in [3.63, 3.8) is 0 Å². The molecule has 8 heteroatoms. The molecule has 3 rings (SSSR count). The molecule has 0 aromatic heterocycles. The van der Waals surface area contributed by atoms with Crippen molar-refractivity contribution < 1.29 is 23.8 Å². The van der Waals surface area contributed by atoms with Gasteiger partial charge in [-0.1, -0.05) is 36.4 Å². The zero-order valence-electron chi connectivity index (χ0n) is 16.8. The van der Waals surface area contributed by atoms with E-state index in [0.717, 1.165) is 16.9 Å². The van der Waals surface area contributed by atoms with Crippen molar-refractivity contribution in [1.82, 2.24) is 4.90 Å². The van der Waals surface area contributed by atoms with Crippen molar-refractivity contribution in [1.29, 1.82) is 5.41 Å². The molecule has 30 heavy (non-hydrogen) atoms. The third-order valence-corrected chi connectivity index (χ3v) is 4.74. The van der Waals surface area contributed by atoms with E-state index in [2.05, 4.69) is 0 Å². The van der Waals surface area contributed by atoms with Crippen LogP contribution in [-0.2, 0) is 27.3 Å². The summed E-state index contributed by atoms with van der Waals surface area (Å²) in [6.07, 6.45) is 0.0709.